The zero-order valence-corrected chi connectivity index (χ0v) is 11.9. The van der Waals surface area contributed by atoms with Crippen LogP contribution in [0.2, 0.25) is 0 Å². The minimum absolute atomic E-state index is 0.202. The highest BCUT2D eigenvalue weighted by Crippen LogP contribution is 2.20. The summed E-state index contributed by atoms with van der Waals surface area (Å²) in [6.45, 7) is 8.07. The van der Waals surface area contributed by atoms with Crippen molar-refractivity contribution in [3.05, 3.63) is 12.4 Å². The van der Waals surface area contributed by atoms with Crippen LogP contribution in [0, 0.1) is 5.92 Å². The average molecular weight is 266 g/mol. The minimum atomic E-state index is -0.422. The van der Waals surface area contributed by atoms with E-state index in [9.17, 15) is 4.79 Å². The van der Waals surface area contributed by atoms with Crippen molar-refractivity contribution in [2.45, 2.75) is 45.8 Å². The highest BCUT2D eigenvalue weighted by Gasteiger charge is 2.26. The normalized spacial score (nSPS) is 17.5. The Morgan fingerprint density at radius 1 is 1.37 bits per heavy atom. The molecule has 1 fully saturated rings. The molecule has 1 aliphatic heterocycles. The van der Waals surface area contributed by atoms with E-state index < -0.39 is 5.60 Å². The molecule has 0 atom stereocenters. The number of aromatic nitrogens is 3. The fourth-order valence-corrected chi connectivity index (χ4v) is 2.22. The zero-order valence-electron chi connectivity index (χ0n) is 11.9. The molecule has 0 aromatic carbocycles. The van der Waals surface area contributed by atoms with E-state index in [0.717, 1.165) is 32.5 Å². The molecule has 106 valence electrons. The van der Waals surface area contributed by atoms with Crippen molar-refractivity contribution in [3.8, 4) is 0 Å². The van der Waals surface area contributed by atoms with E-state index in [4.69, 9.17) is 4.74 Å². The summed E-state index contributed by atoms with van der Waals surface area (Å²) in [6.07, 6.45) is 5.33. The number of nitrogens with zero attached hydrogens (tertiary/aromatic N) is 4. The van der Waals surface area contributed by atoms with E-state index in [1.807, 2.05) is 31.6 Å². The quantitative estimate of drug-likeness (QED) is 0.820. The first kappa shape index (κ1) is 13.8. The first-order valence-corrected chi connectivity index (χ1v) is 6.76. The smallest absolute Gasteiger partial charge is 0.410 e. The van der Waals surface area contributed by atoms with Gasteiger partial charge in [-0.25, -0.2) is 4.79 Å². The van der Waals surface area contributed by atoms with Crippen LogP contribution in [-0.2, 0) is 11.3 Å². The van der Waals surface area contributed by atoms with Gasteiger partial charge in [0, 0.05) is 25.8 Å². The molecule has 0 saturated carbocycles. The SMILES string of the molecule is CC(C)(C)OC(=O)N1CCC(Cn2ccnn2)CC1. The lowest BCUT2D eigenvalue weighted by molar-refractivity contribution is 0.0177. The second-order valence-electron chi connectivity index (χ2n) is 6.04. The summed E-state index contributed by atoms with van der Waals surface area (Å²) in [6, 6.07) is 0. The van der Waals surface area contributed by atoms with Gasteiger partial charge in [-0.2, -0.15) is 0 Å². The molecule has 0 spiro atoms. The Kier molecular flexibility index (Phi) is 4.07. The van der Waals surface area contributed by atoms with Crippen LogP contribution in [0.3, 0.4) is 0 Å². The lowest BCUT2D eigenvalue weighted by atomic mass is 9.97. The van der Waals surface area contributed by atoms with Crippen molar-refractivity contribution >= 4 is 6.09 Å². The highest BCUT2D eigenvalue weighted by atomic mass is 16.6. The van der Waals surface area contributed by atoms with E-state index in [0.29, 0.717) is 5.92 Å². The van der Waals surface area contributed by atoms with Crippen molar-refractivity contribution < 1.29 is 9.53 Å². The molecule has 1 aromatic heterocycles. The van der Waals surface area contributed by atoms with Crippen molar-refractivity contribution in [1.82, 2.24) is 19.9 Å². The summed E-state index contributed by atoms with van der Waals surface area (Å²) in [7, 11) is 0. The van der Waals surface area contributed by atoms with Crippen LogP contribution in [0.1, 0.15) is 33.6 Å². The first-order chi connectivity index (χ1) is 8.94. The largest absolute Gasteiger partial charge is 0.444 e. The number of piperidine rings is 1. The van der Waals surface area contributed by atoms with E-state index in [2.05, 4.69) is 10.3 Å². The third-order valence-corrected chi connectivity index (χ3v) is 3.18. The molecule has 0 radical (unpaired) electrons. The molecule has 0 unspecified atom stereocenters. The van der Waals surface area contributed by atoms with Gasteiger partial charge in [-0.15, -0.1) is 5.10 Å². The third-order valence-electron chi connectivity index (χ3n) is 3.18. The Morgan fingerprint density at radius 2 is 2.05 bits per heavy atom. The number of amides is 1. The second kappa shape index (κ2) is 5.59. The van der Waals surface area contributed by atoms with E-state index in [1.165, 1.54) is 0 Å². The lowest BCUT2D eigenvalue weighted by Crippen LogP contribution is -2.42. The topological polar surface area (TPSA) is 60.2 Å². The summed E-state index contributed by atoms with van der Waals surface area (Å²) in [5, 5.41) is 7.77. The van der Waals surface area contributed by atoms with Crippen molar-refractivity contribution in [1.29, 1.82) is 0 Å². The average Bonchev–Trinajstić information content (AvgIpc) is 2.80. The number of carbonyl (C=O) groups excluding carboxylic acids is 1. The number of carbonyl (C=O) groups is 1. The van der Waals surface area contributed by atoms with Gasteiger partial charge in [0.05, 0.1) is 6.20 Å². The van der Waals surface area contributed by atoms with Crippen LogP contribution < -0.4 is 0 Å². The van der Waals surface area contributed by atoms with Gasteiger partial charge < -0.3 is 9.64 Å². The molecule has 0 aliphatic carbocycles. The minimum Gasteiger partial charge on any atom is -0.444 e. The van der Waals surface area contributed by atoms with E-state index in [-0.39, 0.29) is 6.09 Å². The molecule has 6 heteroatoms. The predicted molar refractivity (Wildman–Crippen MR) is 70.6 cm³/mol. The predicted octanol–water partition coefficient (Wildman–Crippen LogP) is 1.93. The molecule has 1 amide bonds. The van der Waals surface area contributed by atoms with E-state index >= 15 is 0 Å². The maximum absolute atomic E-state index is 11.9. The van der Waals surface area contributed by atoms with Gasteiger partial charge in [-0.3, -0.25) is 4.68 Å². The fourth-order valence-electron chi connectivity index (χ4n) is 2.22. The van der Waals surface area contributed by atoms with E-state index in [1.54, 1.807) is 11.1 Å². The number of ether oxygens (including phenoxy) is 1. The van der Waals surface area contributed by atoms with Crippen LogP contribution in [-0.4, -0.2) is 44.7 Å². The summed E-state index contributed by atoms with van der Waals surface area (Å²) >= 11 is 0. The van der Waals surface area contributed by atoms with Crippen LogP contribution in [0.15, 0.2) is 12.4 Å². The number of hydrogen-bond acceptors (Lipinski definition) is 4. The number of rotatable bonds is 2. The van der Waals surface area contributed by atoms with Crippen LogP contribution in [0.25, 0.3) is 0 Å². The maximum Gasteiger partial charge on any atom is 0.410 e. The monoisotopic (exact) mass is 266 g/mol. The Hall–Kier alpha value is -1.59. The number of likely N-dealkylation sites (tertiary alicyclic amines) is 1. The van der Waals surface area contributed by atoms with Crippen LogP contribution in [0.5, 0.6) is 0 Å². The molecule has 0 N–H and O–H groups in total. The Bertz CT molecular complexity index is 403. The van der Waals surface area contributed by atoms with Gasteiger partial charge >= 0.3 is 6.09 Å². The molecule has 2 rings (SSSR count). The highest BCUT2D eigenvalue weighted by molar-refractivity contribution is 5.68. The summed E-state index contributed by atoms with van der Waals surface area (Å²) in [5.41, 5.74) is -0.422. The van der Waals surface area contributed by atoms with Gasteiger partial charge in [0.25, 0.3) is 0 Å². The van der Waals surface area contributed by atoms with Crippen molar-refractivity contribution in [3.63, 3.8) is 0 Å². The summed E-state index contributed by atoms with van der Waals surface area (Å²) < 4.78 is 7.23. The third kappa shape index (κ3) is 4.22. The first-order valence-electron chi connectivity index (χ1n) is 6.76. The molecule has 0 bridgehead atoms. The van der Waals surface area contributed by atoms with Gasteiger partial charge in [-0.05, 0) is 39.5 Å². The Balaban J connectivity index is 1.77. The molecule has 1 aliphatic rings. The molecular formula is C13H22N4O2. The molecule has 1 saturated heterocycles. The standard InChI is InChI=1S/C13H22N4O2/c1-13(2,3)19-12(18)16-7-4-11(5-8-16)10-17-9-6-14-15-17/h6,9,11H,4-5,7-8,10H2,1-3H3. The Labute approximate surface area is 113 Å². The maximum atomic E-state index is 11.9. The fraction of sp³-hybridized carbons (Fsp3) is 0.769. The van der Waals surface area contributed by atoms with Gasteiger partial charge in [-0.1, -0.05) is 5.21 Å². The molecule has 6 nitrogen and oxygen atoms in total. The molecule has 1 aromatic rings. The van der Waals surface area contributed by atoms with Gasteiger partial charge in [0.15, 0.2) is 0 Å². The van der Waals surface area contributed by atoms with Crippen LogP contribution in [0.4, 0.5) is 4.79 Å². The summed E-state index contributed by atoms with van der Waals surface area (Å²) in [5.74, 6) is 0.556. The van der Waals surface area contributed by atoms with Crippen molar-refractivity contribution in [2.24, 2.45) is 5.92 Å². The molecule has 2 heterocycles. The second-order valence-corrected chi connectivity index (χ2v) is 6.04. The summed E-state index contributed by atoms with van der Waals surface area (Å²) in [4.78, 5) is 13.7. The zero-order chi connectivity index (χ0) is 13.9. The molecule has 19 heavy (non-hydrogen) atoms. The van der Waals surface area contributed by atoms with Crippen molar-refractivity contribution in [2.75, 3.05) is 13.1 Å². The van der Waals surface area contributed by atoms with Gasteiger partial charge in [0.1, 0.15) is 5.60 Å². The lowest BCUT2D eigenvalue weighted by Gasteiger charge is -2.33. The Morgan fingerprint density at radius 3 is 2.58 bits per heavy atom. The van der Waals surface area contributed by atoms with Crippen LogP contribution >= 0.6 is 0 Å². The molecular weight excluding hydrogens is 244 g/mol. The van der Waals surface area contributed by atoms with Gasteiger partial charge in [0.2, 0.25) is 0 Å². The number of hydrogen-bond donors (Lipinski definition) is 0.